The van der Waals surface area contributed by atoms with Gasteiger partial charge in [0.05, 0.1) is 6.54 Å². The number of halogens is 1. The molecule has 31 heavy (non-hydrogen) atoms. The molecular weight excluding hydrogens is 415 g/mol. The van der Waals surface area contributed by atoms with Gasteiger partial charge in [0.1, 0.15) is 5.82 Å². The van der Waals surface area contributed by atoms with E-state index in [0.29, 0.717) is 24.8 Å². The summed E-state index contributed by atoms with van der Waals surface area (Å²) in [5.41, 5.74) is 0.720. The average molecular weight is 441 g/mol. The number of nitrogens with one attached hydrogen (secondary N) is 1. The molecule has 1 aliphatic heterocycles. The standard InChI is InChI=1S/C23H25FN4O2S/c24-19-8-6-17(7-9-19)22-26-21(30-27-22)16-28-13-10-18(11-14-28)23(29)25-12-15-31-20-4-2-1-3-5-20/h1-9,18H,10-16H2,(H,25,29). The molecule has 0 atom stereocenters. The van der Waals surface area contributed by atoms with Gasteiger partial charge in [-0.25, -0.2) is 4.39 Å². The van der Waals surface area contributed by atoms with E-state index in [9.17, 15) is 9.18 Å². The molecule has 0 bridgehead atoms. The highest BCUT2D eigenvalue weighted by molar-refractivity contribution is 7.99. The first kappa shape index (κ1) is 21.5. The highest BCUT2D eigenvalue weighted by atomic mass is 32.2. The van der Waals surface area contributed by atoms with Crippen LogP contribution in [0.15, 0.2) is 64.0 Å². The van der Waals surface area contributed by atoms with Crippen LogP contribution < -0.4 is 5.32 Å². The van der Waals surface area contributed by atoms with Crippen LogP contribution in [0.2, 0.25) is 0 Å². The molecule has 162 valence electrons. The van der Waals surface area contributed by atoms with E-state index in [4.69, 9.17) is 4.52 Å². The Labute approximate surface area is 185 Å². The molecule has 2 heterocycles. The predicted octanol–water partition coefficient (Wildman–Crippen LogP) is 4.00. The first-order chi connectivity index (χ1) is 15.2. The van der Waals surface area contributed by atoms with E-state index in [0.717, 1.165) is 37.2 Å². The summed E-state index contributed by atoms with van der Waals surface area (Å²) in [6, 6.07) is 16.2. The number of hydrogen-bond acceptors (Lipinski definition) is 6. The molecule has 1 fully saturated rings. The summed E-state index contributed by atoms with van der Waals surface area (Å²) in [6.07, 6.45) is 1.63. The van der Waals surface area contributed by atoms with Gasteiger partial charge in [-0.3, -0.25) is 9.69 Å². The van der Waals surface area contributed by atoms with Gasteiger partial charge < -0.3 is 9.84 Å². The number of carbonyl (C=O) groups excluding carboxylic acids is 1. The SMILES string of the molecule is O=C(NCCSc1ccccc1)C1CCN(Cc2nc(-c3ccc(F)cc3)no2)CC1. The molecule has 1 aliphatic rings. The van der Waals surface area contributed by atoms with Crippen molar-refractivity contribution in [3.63, 3.8) is 0 Å². The first-order valence-electron chi connectivity index (χ1n) is 10.4. The lowest BCUT2D eigenvalue weighted by molar-refractivity contribution is -0.126. The lowest BCUT2D eigenvalue weighted by atomic mass is 9.96. The van der Waals surface area contributed by atoms with Crippen LogP contribution in [0.3, 0.4) is 0 Å². The topological polar surface area (TPSA) is 71.3 Å². The van der Waals surface area contributed by atoms with E-state index in [2.05, 4.69) is 32.5 Å². The summed E-state index contributed by atoms with van der Waals surface area (Å²) >= 11 is 1.75. The predicted molar refractivity (Wildman–Crippen MR) is 118 cm³/mol. The summed E-state index contributed by atoms with van der Waals surface area (Å²) in [5, 5.41) is 7.05. The monoisotopic (exact) mass is 440 g/mol. The Morgan fingerprint density at radius 3 is 2.61 bits per heavy atom. The van der Waals surface area contributed by atoms with E-state index in [-0.39, 0.29) is 17.6 Å². The number of hydrogen-bond donors (Lipinski definition) is 1. The molecule has 2 aromatic carbocycles. The van der Waals surface area contributed by atoms with Crippen molar-refractivity contribution in [2.24, 2.45) is 5.92 Å². The fraction of sp³-hybridized carbons (Fsp3) is 0.348. The number of benzene rings is 2. The molecule has 0 saturated carbocycles. The van der Waals surface area contributed by atoms with Crippen molar-refractivity contribution in [1.29, 1.82) is 0 Å². The number of piperidine rings is 1. The van der Waals surface area contributed by atoms with E-state index in [1.54, 1.807) is 23.9 Å². The molecule has 0 radical (unpaired) electrons. The second-order valence-corrected chi connectivity index (χ2v) is 8.69. The summed E-state index contributed by atoms with van der Waals surface area (Å²) in [7, 11) is 0. The van der Waals surface area contributed by atoms with Crippen molar-refractivity contribution >= 4 is 17.7 Å². The Morgan fingerprint density at radius 2 is 1.87 bits per heavy atom. The minimum atomic E-state index is -0.297. The zero-order valence-electron chi connectivity index (χ0n) is 17.2. The smallest absolute Gasteiger partial charge is 0.241 e. The van der Waals surface area contributed by atoms with Crippen molar-refractivity contribution in [2.45, 2.75) is 24.3 Å². The normalized spacial score (nSPS) is 15.1. The maximum Gasteiger partial charge on any atom is 0.241 e. The summed E-state index contributed by atoms with van der Waals surface area (Å²) in [5.74, 6) is 1.74. The van der Waals surface area contributed by atoms with Gasteiger partial charge in [0.25, 0.3) is 0 Å². The third-order valence-electron chi connectivity index (χ3n) is 5.30. The quantitative estimate of drug-likeness (QED) is 0.422. The van der Waals surface area contributed by atoms with Gasteiger partial charge in [-0.05, 0) is 62.3 Å². The molecule has 8 heteroatoms. The van der Waals surface area contributed by atoms with Crippen molar-refractivity contribution in [1.82, 2.24) is 20.4 Å². The molecule has 0 aliphatic carbocycles. The number of thioether (sulfide) groups is 1. The van der Waals surface area contributed by atoms with E-state index >= 15 is 0 Å². The first-order valence-corrected chi connectivity index (χ1v) is 11.4. The number of aromatic nitrogens is 2. The van der Waals surface area contributed by atoms with Crippen LogP contribution >= 0.6 is 11.8 Å². The van der Waals surface area contributed by atoms with Crippen LogP contribution in [-0.2, 0) is 11.3 Å². The molecule has 1 N–H and O–H groups in total. The summed E-state index contributed by atoms with van der Waals surface area (Å²) in [6.45, 7) is 2.85. The Morgan fingerprint density at radius 1 is 1.13 bits per heavy atom. The number of carbonyl (C=O) groups is 1. The molecule has 0 spiro atoms. The second kappa shape index (κ2) is 10.5. The van der Waals surface area contributed by atoms with Crippen molar-refractivity contribution in [3.8, 4) is 11.4 Å². The second-order valence-electron chi connectivity index (χ2n) is 7.52. The molecule has 1 saturated heterocycles. The molecule has 6 nitrogen and oxygen atoms in total. The largest absolute Gasteiger partial charge is 0.355 e. The number of rotatable bonds is 8. The Hall–Kier alpha value is -2.71. The van der Waals surface area contributed by atoms with Crippen LogP contribution in [-0.4, -0.2) is 46.3 Å². The van der Waals surface area contributed by atoms with Gasteiger partial charge >= 0.3 is 0 Å². The van der Waals surface area contributed by atoms with Crippen LogP contribution in [0.1, 0.15) is 18.7 Å². The van der Waals surface area contributed by atoms with Crippen LogP contribution in [0, 0.1) is 11.7 Å². The zero-order chi connectivity index (χ0) is 21.5. The van der Waals surface area contributed by atoms with Gasteiger partial charge in [-0.1, -0.05) is 23.4 Å². The molecule has 4 rings (SSSR count). The van der Waals surface area contributed by atoms with Crippen molar-refractivity contribution in [2.75, 3.05) is 25.4 Å². The fourth-order valence-electron chi connectivity index (χ4n) is 3.58. The highest BCUT2D eigenvalue weighted by Crippen LogP contribution is 2.21. The minimum absolute atomic E-state index is 0.0513. The third kappa shape index (κ3) is 6.15. The Balaban J connectivity index is 1.17. The molecule has 0 unspecified atom stereocenters. The van der Waals surface area contributed by atoms with Crippen LogP contribution in [0.5, 0.6) is 0 Å². The number of likely N-dealkylation sites (tertiary alicyclic amines) is 1. The van der Waals surface area contributed by atoms with Gasteiger partial charge in [-0.2, -0.15) is 4.98 Å². The fourth-order valence-corrected chi connectivity index (χ4v) is 4.37. The molecular formula is C23H25FN4O2S. The lowest BCUT2D eigenvalue weighted by Crippen LogP contribution is -2.40. The van der Waals surface area contributed by atoms with Crippen LogP contribution in [0.25, 0.3) is 11.4 Å². The Bertz CT molecular complexity index is 973. The van der Waals surface area contributed by atoms with Crippen LogP contribution in [0.4, 0.5) is 4.39 Å². The highest BCUT2D eigenvalue weighted by Gasteiger charge is 2.25. The van der Waals surface area contributed by atoms with E-state index in [1.807, 2.05) is 18.2 Å². The maximum absolute atomic E-state index is 13.1. The lowest BCUT2D eigenvalue weighted by Gasteiger charge is -2.30. The van der Waals surface area contributed by atoms with E-state index < -0.39 is 0 Å². The number of amides is 1. The maximum atomic E-state index is 13.1. The molecule has 3 aromatic rings. The van der Waals surface area contributed by atoms with Gasteiger partial charge in [0.15, 0.2) is 0 Å². The third-order valence-corrected chi connectivity index (χ3v) is 6.31. The zero-order valence-corrected chi connectivity index (χ0v) is 18.0. The van der Waals surface area contributed by atoms with E-state index in [1.165, 1.54) is 17.0 Å². The van der Waals surface area contributed by atoms with Crippen molar-refractivity contribution < 1.29 is 13.7 Å². The number of nitrogens with zero attached hydrogens (tertiary/aromatic N) is 3. The summed E-state index contributed by atoms with van der Waals surface area (Å²) < 4.78 is 18.4. The average Bonchev–Trinajstić information content (AvgIpc) is 3.27. The molecule has 1 aromatic heterocycles. The van der Waals surface area contributed by atoms with Gasteiger partial charge in [0.2, 0.25) is 17.6 Å². The molecule has 1 amide bonds. The minimum Gasteiger partial charge on any atom is -0.355 e. The Kier molecular flexibility index (Phi) is 7.32. The van der Waals surface area contributed by atoms with Crippen molar-refractivity contribution in [3.05, 3.63) is 66.3 Å². The summed E-state index contributed by atoms with van der Waals surface area (Å²) in [4.78, 5) is 20.3. The van der Waals surface area contributed by atoms with Gasteiger partial charge in [0, 0.05) is 28.7 Å². The van der Waals surface area contributed by atoms with Gasteiger partial charge in [-0.15, -0.1) is 11.8 Å².